The number of para-hydroxylation sites is 1. The van der Waals surface area contributed by atoms with Crippen LogP contribution in [0.4, 0.5) is 10.5 Å². The van der Waals surface area contributed by atoms with E-state index < -0.39 is 0 Å². The van der Waals surface area contributed by atoms with Crippen LogP contribution >= 0.6 is 23.4 Å². The number of hydrogen-bond donors (Lipinski definition) is 2. The van der Waals surface area contributed by atoms with Crippen molar-refractivity contribution in [2.75, 3.05) is 5.32 Å². The Bertz CT molecular complexity index is 1350. The maximum Gasteiger partial charge on any atom is 0.319 e. The van der Waals surface area contributed by atoms with E-state index in [4.69, 9.17) is 11.6 Å². The van der Waals surface area contributed by atoms with E-state index in [2.05, 4.69) is 39.9 Å². The number of thioether (sulfide) groups is 1. The van der Waals surface area contributed by atoms with E-state index in [1.54, 1.807) is 11.8 Å². The van der Waals surface area contributed by atoms with E-state index in [-0.39, 0.29) is 12.6 Å². The van der Waals surface area contributed by atoms with Gasteiger partial charge in [-0.05, 0) is 67.6 Å². The number of halogens is 1. The van der Waals surface area contributed by atoms with Crippen LogP contribution in [-0.4, -0.2) is 20.8 Å². The van der Waals surface area contributed by atoms with Gasteiger partial charge in [0.15, 0.2) is 11.0 Å². The molecule has 0 radical (unpaired) electrons. The number of carbonyl (C=O) groups excluding carboxylic acids is 1. The predicted octanol–water partition coefficient (Wildman–Crippen LogP) is 6.77. The summed E-state index contributed by atoms with van der Waals surface area (Å²) in [5.41, 5.74) is 7.22. The Hall–Kier alpha value is -3.29. The molecule has 0 fully saturated rings. The average Bonchev–Trinajstić information content (AvgIpc) is 3.24. The lowest BCUT2D eigenvalue weighted by Crippen LogP contribution is -2.30. The van der Waals surface area contributed by atoms with Crippen molar-refractivity contribution >= 4 is 35.1 Å². The molecule has 1 aromatic heterocycles. The van der Waals surface area contributed by atoms with E-state index in [1.807, 2.05) is 73.9 Å². The molecule has 4 rings (SSSR count). The highest BCUT2D eigenvalue weighted by atomic mass is 35.5. The topological polar surface area (TPSA) is 71.8 Å². The third-order valence-corrected chi connectivity index (χ3v) is 7.07. The molecule has 0 atom stereocenters. The van der Waals surface area contributed by atoms with Gasteiger partial charge in [0, 0.05) is 16.5 Å². The van der Waals surface area contributed by atoms with Gasteiger partial charge in [-0.2, -0.15) is 0 Å². The number of urea groups is 1. The van der Waals surface area contributed by atoms with Crippen LogP contribution in [0, 0.1) is 27.7 Å². The minimum atomic E-state index is -0.297. The number of nitrogens with one attached hydrogen (secondary N) is 2. The van der Waals surface area contributed by atoms with Crippen LogP contribution < -0.4 is 10.6 Å². The Morgan fingerprint density at radius 3 is 2.37 bits per heavy atom. The fourth-order valence-electron chi connectivity index (χ4n) is 3.82. The van der Waals surface area contributed by atoms with Gasteiger partial charge in [-0.15, -0.1) is 10.2 Å². The highest BCUT2D eigenvalue weighted by Crippen LogP contribution is 2.29. The molecule has 8 heteroatoms. The molecule has 0 aliphatic rings. The number of carbonyl (C=O) groups is 1. The molecule has 0 saturated carbocycles. The standard InChI is InChI=1S/C27H28ClN5OS/c1-17-8-5-6-11-21(17)16-35-27-32-31-24(33(27)23-14-22(28)13-12-18(23)2)15-29-26(34)30-25-19(3)9-7-10-20(25)4/h5-14H,15-16H2,1-4H3,(H2,29,30,34). The fourth-order valence-corrected chi connectivity index (χ4v) is 5.02. The zero-order chi connectivity index (χ0) is 24.9. The zero-order valence-corrected chi connectivity index (χ0v) is 21.8. The highest BCUT2D eigenvalue weighted by molar-refractivity contribution is 7.98. The van der Waals surface area contributed by atoms with Crippen molar-refractivity contribution in [3.63, 3.8) is 0 Å². The Labute approximate surface area is 215 Å². The van der Waals surface area contributed by atoms with Gasteiger partial charge in [0.1, 0.15) is 0 Å². The van der Waals surface area contributed by atoms with Crippen LogP contribution in [0.1, 0.15) is 33.6 Å². The second-order valence-electron chi connectivity index (χ2n) is 8.45. The van der Waals surface area contributed by atoms with E-state index in [9.17, 15) is 4.79 Å². The molecule has 3 aromatic carbocycles. The molecule has 0 aliphatic carbocycles. The molecule has 2 N–H and O–H groups in total. The highest BCUT2D eigenvalue weighted by Gasteiger charge is 2.18. The van der Waals surface area contributed by atoms with Gasteiger partial charge in [-0.3, -0.25) is 4.57 Å². The van der Waals surface area contributed by atoms with Crippen molar-refractivity contribution in [3.05, 3.63) is 99.3 Å². The maximum absolute atomic E-state index is 12.7. The van der Waals surface area contributed by atoms with Crippen LogP contribution in [0.5, 0.6) is 0 Å². The van der Waals surface area contributed by atoms with Gasteiger partial charge in [-0.25, -0.2) is 4.79 Å². The van der Waals surface area contributed by atoms with Crippen LogP contribution in [0.2, 0.25) is 5.02 Å². The molecule has 0 spiro atoms. The monoisotopic (exact) mass is 505 g/mol. The largest absolute Gasteiger partial charge is 0.331 e. The first-order chi connectivity index (χ1) is 16.8. The minimum Gasteiger partial charge on any atom is -0.331 e. The van der Waals surface area contributed by atoms with Gasteiger partial charge < -0.3 is 10.6 Å². The molecule has 6 nitrogen and oxygen atoms in total. The molecule has 35 heavy (non-hydrogen) atoms. The number of nitrogens with zero attached hydrogens (tertiary/aromatic N) is 3. The van der Waals surface area contributed by atoms with E-state index in [1.165, 1.54) is 11.1 Å². The third-order valence-electron chi connectivity index (χ3n) is 5.86. The second-order valence-corrected chi connectivity index (χ2v) is 9.83. The number of benzene rings is 3. The lowest BCUT2D eigenvalue weighted by molar-refractivity contribution is 0.251. The van der Waals surface area contributed by atoms with Crippen molar-refractivity contribution in [2.45, 2.75) is 45.1 Å². The second kappa shape index (κ2) is 11.0. The third kappa shape index (κ3) is 5.86. The lowest BCUT2D eigenvalue weighted by Gasteiger charge is -2.15. The molecule has 180 valence electrons. The zero-order valence-electron chi connectivity index (χ0n) is 20.2. The quantitative estimate of drug-likeness (QED) is 0.272. The predicted molar refractivity (Wildman–Crippen MR) is 144 cm³/mol. The van der Waals surface area contributed by atoms with Crippen LogP contribution in [0.25, 0.3) is 5.69 Å². The summed E-state index contributed by atoms with van der Waals surface area (Å²) in [5, 5.41) is 16.1. The van der Waals surface area contributed by atoms with Gasteiger partial charge in [0.05, 0.1) is 12.2 Å². The first-order valence-electron chi connectivity index (χ1n) is 11.3. The number of rotatable bonds is 7. The van der Waals surface area contributed by atoms with Crippen LogP contribution in [0.3, 0.4) is 0 Å². The molecule has 2 amide bonds. The lowest BCUT2D eigenvalue weighted by atomic mass is 10.1. The van der Waals surface area contributed by atoms with Crippen molar-refractivity contribution in [1.82, 2.24) is 20.1 Å². The molecule has 0 aliphatic heterocycles. The maximum atomic E-state index is 12.7. The molecule has 0 saturated heterocycles. The fraction of sp³-hybridized carbons (Fsp3) is 0.222. The number of amides is 2. The summed E-state index contributed by atoms with van der Waals surface area (Å²) in [5.74, 6) is 1.38. The van der Waals surface area contributed by atoms with Crippen molar-refractivity contribution in [1.29, 1.82) is 0 Å². The van der Waals surface area contributed by atoms with E-state index in [0.29, 0.717) is 10.8 Å². The summed E-state index contributed by atoms with van der Waals surface area (Å²) in [6.45, 7) is 8.27. The number of aromatic nitrogens is 3. The SMILES string of the molecule is Cc1ccccc1CSc1nnc(CNC(=O)Nc2c(C)cccc2C)n1-c1cc(Cl)ccc1C. The molecule has 0 unspecified atom stereocenters. The van der Waals surface area contributed by atoms with E-state index >= 15 is 0 Å². The normalized spacial score (nSPS) is 10.9. The molecular formula is C27H28ClN5OS. The summed E-state index contributed by atoms with van der Waals surface area (Å²) in [4.78, 5) is 12.7. The van der Waals surface area contributed by atoms with E-state index in [0.717, 1.165) is 39.0 Å². The molecule has 1 heterocycles. The van der Waals surface area contributed by atoms with Gasteiger partial charge in [0.25, 0.3) is 0 Å². The summed E-state index contributed by atoms with van der Waals surface area (Å²) in [7, 11) is 0. The Morgan fingerprint density at radius 1 is 0.914 bits per heavy atom. The summed E-state index contributed by atoms with van der Waals surface area (Å²) < 4.78 is 1.98. The number of anilines is 1. The van der Waals surface area contributed by atoms with Gasteiger partial charge in [-0.1, -0.05) is 71.9 Å². The summed E-state index contributed by atoms with van der Waals surface area (Å²) in [6, 6.07) is 19.6. The van der Waals surface area contributed by atoms with Gasteiger partial charge >= 0.3 is 6.03 Å². The first-order valence-corrected chi connectivity index (χ1v) is 12.7. The number of hydrogen-bond acceptors (Lipinski definition) is 4. The van der Waals surface area contributed by atoms with Crippen LogP contribution in [0.15, 0.2) is 65.8 Å². The Morgan fingerprint density at radius 2 is 1.63 bits per heavy atom. The Kier molecular flexibility index (Phi) is 7.78. The van der Waals surface area contributed by atoms with Crippen molar-refractivity contribution < 1.29 is 4.79 Å². The smallest absolute Gasteiger partial charge is 0.319 e. The Balaban J connectivity index is 1.58. The number of aryl methyl sites for hydroxylation is 4. The first kappa shape index (κ1) is 24.8. The van der Waals surface area contributed by atoms with Gasteiger partial charge in [0.2, 0.25) is 0 Å². The van der Waals surface area contributed by atoms with Crippen molar-refractivity contribution in [3.8, 4) is 5.69 Å². The average molecular weight is 506 g/mol. The molecular weight excluding hydrogens is 478 g/mol. The van der Waals surface area contributed by atoms with Crippen LogP contribution in [-0.2, 0) is 12.3 Å². The summed E-state index contributed by atoms with van der Waals surface area (Å²) in [6.07, 6.45) is 0. The van der Waals surface area contributed by atoms with Crippen molar-refractivity contribution in [2.24, 2.45) is 0 Å². The minimum absolute atomic E-state index is 0.209. The molecule has 4 aromatic rings. The summed E-state index contributed by atoms with van der Waals surface area (Å²) >= 11 is 7.94. The molecule has 0 bridgehead atoms.